The van der Waals surface area contributed by atoms with Crippen LogP contribution >= 0.6 is 12.4 Å². The average Bonchev–Trinajstić information content (AvgIpc) is 2.47. The molecule has 0 radical (unpaired) electrons. The summed E-state index contributed by atoms with van der Waals surface area (Å²) in [6.45, 7) is 4.50. The maximum Gasteiger partial charge on any atom is 0.227 e. The van der Waals surface area contributed by atoms with Crippen molar-refractivity contribution >= 4 is 18.3 Å². The Morgan fingerprint density at radius 1 is 1.33 bits per heavy atom. The molecule has 1 fully saturated rings. The molecule has 1 aliphatic rings. The first-order chi connectivity index (χ1) is 9.63. The number of hydrogen-bond donors (Lipinski definition) is 1. The van der Waals surface area contributed by atoms with Crippen LogP contribution in [0.4, 0.5) is 0 Å². The van der Waals surface area contributed by atoms with Crippen molar-refractivity contribution in [2.45, 2.75) is 19.4 Å². The van der Waals surface area contributed by atoms with Gasteiger partial charge in [-0.15, -0.1) is 12.4 Å². The van der Waals surface area contributed by atoms with E-state index < -0.39 is 0 Å². The topological polar surface area (TPSA) is 50.8 Å². The Morgan fingerprint density at radius 3 is 2.67 bits per heavy atom. The fraction of sp³-hybridized carbons (Fsp3) is 0.533. The Hall–Kier alpha value is -1.46. The van der Waals surface area contributed by atoms with Gasteiger partial charge in [-0.25, -0.2) is 0 Å². The van der Waals surface area contributed by atoms with Crippen LogP contribution in [0.3, 0.4) is 0 Å². The maximum absolute atomic E-state index is 12.3. The van der Waals surface area contributed by atoms with E-state index in [4.69, 9.17) is 9.47 Å². The van der Waals surface area contributed by atoms with Gasteiger partial charge in [0.1, 0.15) is 0 Å². The third-order valence-electron chi connectivity index (χ3n) is 3.52. The van der Waals surface area contributed by atoms with Crippen LogP contribution in [-0.4, -0.2) is 50.7 Å². The number of ether oxygens (including phenoxy) is 2. The summed E-state index contributed by atoms with van der Waals surface area (Å²) in [6, 6.07) is 5.97. The molecular weight excluding hydrogens is 292 g/mol. The minimum Gasteiger partial charge on any atom is -0.493 e. The van der Waals surface area contributed by atoms with E-state index >= 15 is 0 Å². The Kier molecular flexibility index (Phi) is 6.78. The van der Waals surface area contributed by atoms with Gasteiger partial charge in [0.25, 0.3) is 0 Å². The highest BCUT2D eigenvalue weighted by molar-refractivity contribution is 5.85. The Balaban J connectivity index is 0.00000220. The standard InChI is InChI=1S/C15H22N2O3.ClH/c1-11-10-17(7-6-16-11)15(18)9-12-4-5-13(19-2)14(8-12)20-3;/h4-5,8,11,16H,6-7,9-10H2,1-3H3;1H. The van der Waals surface area contributed by atoms with Crippen LogP contribution in [0.2, 0.25) is 0 Å². The number of rotatable bonds is 4. The Morgan fingerprint density at radius 2 is 2.05 bits per heavy atom. The summed E-state index contributed by atoms with van der Waals surface area (Å²) < 4.78 is 10.5. The second-order valence-corrected chi connectivity index (χ2v) is 5.06. The fourth-order valence-electron chi connectivity index (χ4n) is 2.44. The molecular formula is C15H23ClN2O3. The van der Waals surface area contributed by atoms with E-state index in [0.717, 1.165) is 25.2 Å². The largest absolute Gasteiger partial charge is 0.493 e. The molecule has 1 unspecified atom stereocenters. The molecule has 0 aliphatic carbocycles. The Bertz CT molecular complexity index is 482. The van der Waals surface area contributed by atoms with Gasteiger partial charge in [-0.1, -0.05) is 6.07 Å². The summed E-state index contributed by atoms with van der Waals surface area (Å²) in [5, 5.41) is 3.33. The number of hydrogen-bond acceptors (Lipinski definition) is 4. The molecule has 1 atom stereocenters. The molecule has 2 rings (SSSR count). The van der Waals surface area contributed by atoms with Crippen LogP contribution in [0.25, 0.3) is 0 Å². The lowest BCUT2D eigenvalue weighted by Gasteiger charge is -2.32. The minimum absolute atomic E-state index is 0. The highest BCUT2D eigenvalue weighted by atomic mass is 35.5. The van der Waals surface area contributed by atoms with Gasteiger partial charge in [-0.3, -0.25) is 4.79 Å². The highest BCUT2D eigenvalue weighted by Crippen LogP contribution is 2.27. The molecule has 6 heteroatoms. The summed E-state index contributed by atoms with van der Waals surface area (Å²) in [6.07, 6.45) is 0.396. The first-order valence-electron chi connectivity index (χ1n) is 6.86. The smallest absolute Gasteiger partial charge is 0.227 e. The highest BCUT2D eigenvalue weighted by Gasteiger charge is 2.20. The molecule has 1 aromatic rings. The second-order valence-electron chi connectivity index (χ2n) is 5.06. The van der Waals surface area contributed by atoms with Gasteiger partial charge in [0, 0.05) is 25.7 Å². The molecule has 0 spiro atoms. The van der Waals surface area contributed by atoms with E-state index in [1.165, 1.54) is 0 Å². The zero-order chi connectivity index (χ0) is 14.5. The van der Waals surface area contributed by atoms with Crippen LogP contribution in [-0.2, 0) is 11.2 Å². The number of halogens is 1. The van der Waals surface area contributed by atoms with E-state index in [0.29, 0.717) is 24.0 Å². The lowest BCUT2D eigenvalue weighted by molar-refractivity contribution is -0.131. The number of carbonyl (C=O) groups excluding carboxylic acids is 1. The SMILES string of the molecule is COc1ccc(CC(=O)N2CCNC(C)C2)cc1OC.Cl. The molecule has 1 aromatic carbocycles. The van der Waals surface area contributed by atoms with Crippen molar-refractivity contribution in [2.75, 3.05) is 33.9 Å². The van der Waals surface area contributed by atoms with Crippen molar-refractivity contribution in [3.05, 3.63) is 23.8 Å². The van der Waals surface area contributed by atoms with Gasteiger partial charge >= 0.3 is 0 Å². The molecule has 21 heavy (non-hydrogen) atoms. The summed E-state index contributed by atoms with van der Waals surface area (Å²) >= 11 is 0. The molecule has 0 aromatic heterocycles. The quantitative estimate of drug-likeness (QED) is 0.915. The Labute approximate surface area is 132 Å². The number of nitrogens with zero attached hydrogens (tertiary/aromatic N) is 1. The minimum atomic E-state index is 0. The molecule has 1 saturated heterocycles. The van der Waals surface area contributed by atoms with Gasteiger partial charge in [0.05, 0.1) is 20.6 Å². The van der Waals surface area contributed by atoms with Crippen molar-refractivity contribution in [3.63, 3.8) is 0 Å². The fourth-order valence-corrected chi connectivity index (χ4v) is 2.44. The van der Waals surface area contributed by atoms with Gasteiger partial charge in [0.2, 0.25) is 5.91 Å². The maximum atomic E-state index is 12.3. The van der Waals surface area contributed by atoms with E-state index in [1.54, 1.807) is 14.2 Å². The second kappa shape index (κ2) is 8.10. The van der Waals surface area contributed by atoms with Crippen LogP contribution in [0, 0.1) is 0 Å². The molecule has 1 aliphatic heterocycles. The van der Waals surface area contributed by atoms with Crippen LogP contribution in [0.1, 0.15) is 12.5 Å². The molecule has 0 saturated carbocycles. The van der Waals surface area contributed by atoms with Crippen LogP contribution in [0.5, 0.6) is 11.5 Å². The summed E-state index contributed by atoms with van der Waals surface area (Å²) in [5.41, 5.74) is 0.943. The predicted molar refractivity (Wildman–Crippen MR) is 84.5 cm³/mol. The average molecular weight is 315 g/mol. The summed E-state index contributed by atoms with van der Waals surface area (Å²) in [7, 11) is 3.20. The molecule has 1 amide bonds. The third kappa shape index (κ3) is 4.51. The first kappa shape index (κ1) is 17.6. The van der Waals surface area contributed by atoms with E-state index in [2.05, 4.69) is 12.2 Å². The van der Waals surface area contributed by atoms with Crippen LogP contribution in [0.15, 0.2) is 18.2 Å². The number of carbonyl (C=O) groups is 1. The summed E-state index contributed by atoms with van der Waals surface area (Å²) in [5.74, 6) is 1.50. The van der Waals surface area contributed by atoms with Gasteiger partial charge in [-0.05, 0) is 24.6 Å². The molecule has 0 bridgehead atoms. The number of amides is 1. The molecule has 5 nitrogen and oxygen atoms in total. The number of piperazine rings is 1. The van der Waals surface area contributed by atoms with Crippen molar-refractivity contribution < 1.29 is 14.3 Å². The third-order valence-corrected chi connectivity index (χ3v) is 3.52. The monoisotopic (exact) mass is 314 g/mol. The van der Waals surface area contributed by atoms with E-state index in [-0.39, 0.29) is 18.3 Å². The van der Waals surface area contributed by atoms with Gasteiger partial charge < -0.3 is 19.7 Å². The van der Waals surface area contributed by atoms with E-state index in [1.807, 2.05) is 23.1 Å². The first-order valence-corrected chi connectivity index (χ1v) is 6.86. The van der Waals surface area contributed by atoms with Gasteiger partial charge in [-0.2, -0.15) is 0 Å². The van der Waals surface area contributed by atoms with Crippen molar-refractivity contribution in [2.24, 2.45) is 0 Å². The normalized spacial score (nSPS) is 17.9. The van der Waals surface area contributed by atoms with Crippen molar-refractivity contribution in [1.29, 1.82) is 0 Å². The van der Waals surface area contributed by atoms with Crippen LogP contribution < -0.4 is 14.8 Å². The molecule has 118 valence electrons. The number of nitrogens with one attached hydrogen (secondary N) is 1. The lowest BCUT2D eigenvalue weighted by Crippen LogP contribution is -2.51. The lowest BCUT2D eigenvalue weighted by atomic mass is 10.1. The predicted octanol–water partition coefficient (Wildman–Crippen LogP) is 1.49. The van der Waals surface area contributed by atoms with Crippen molar-refractivity contribution in [3.8, 4) is 11.5 Å². The van der Waals surface area contributed by atoms with E-state index in [9.17, 15) is 4.79 Å². The number of methoxy groups -OCH3 is 2. The molecule has 1 N–H and O–H groups in total. The number of benzene rings is 1. The van der Waals surface area contributed by atoms with Crippen molar-refractivity contribution in [1.82, 2.24) is 10.2 Å². The summed E-state index contributed by atoms with van der Waals surface area (Å²) in [4.78, 5) is 14.2. The van der Waals surface area contributed by atoms with Gasteiger partial charge in [0.15, 0.2) is 11.5 Å². The zero-order valence-corrected chi connectivity index (χ0v) is 13.5. The molecule has 1 heterocycles. The zero-order valence-electron chi connectivity index (χ0n) is 12.7.